The van der Waals surface area contributed by atoms with Crippen molar-refractivity contribution in [3.05, 3.63) is 32.7 Å². The summed E-state index contributed by atoms with van der Waals surface area (Å²) in [4.78, 5) is 12.0. The molecular formula is C12H15Br2NOS. The standard InChI is InChI=1S/C12H15Br2NOS/c1-8(5-6-17-2)15-12(16)10-4-3-9(13)7-11(10)14/h3-4,7-8H,5-6H2,1-2H3,(H,15,16). The molecular weight excluding hydrogens is 366 g/mol. The summed E-state index contributed by atoms with van der Waals surface area (Å²) in [6.07, 6.45) is 3.06. The number of hydrogen-bond acceptors (Lipinski definition) is 2. The first-order valence-electron chi connectivity index (χ1n) is 5.29. The average Bonchev–Trinajstić information content (AvgIpc) is 2.26. The van der Waals surface area contributed by atoms with E-state index in [2.05, 4.69) is 43.4 Å². The average molecular weight is 381 g/mol. The Morgan fingerprint density at radius 3 is 2.76 bits per heavy atom. The molecule has 1 unspecified atom stereocenters. The number of hydrogen-bond donors (Lipinski definition) is 1. The van der Waals surface area contributed by atoms with Crippen LogP contribution in [0.3, 0.4) is 0 Å². The van der Waals surface area contributed by atoms with Gasteiger partial charge in [0.15, 0.2) is 0 Å². The lowest BCUT2D eigenvalue weighted by Crippen LogP contribution is -2.33. The van der Waals surface area contributed by atoms with Crippen molar-refractivity contribution in [1.82, 2.24) is 5.32 Å². The number of halogens is 2. The van der Waals surface area contributed by atoms with E-state index in [0.29, 0.717) is 5.56 Å². The molecule has 1 aromatic carbocycles. The molecule has 2 nitrogen and oxygen atoms in total. The molecule has 94 valence electrons. The van der Waals surface area contributed by atoms with Gasteiger partial charge in [0, 0.05) is 15.0 Å². The number of rotatable bonds is 5. The summed E-state index contributed by atoms with van der Waals surface area (Å²) in [5.41, 5.74) is 0.671. The zero-order valence-corrected chi connectivity index (χ0v) is 13.8. The summed E-state index contributed by atoms with van der Waals surface area (Å²) in [5.74, 6) is 1.03. The van der Waals surface area contributed by atoms with Crippen molar-refractivity contribution in [3.63, 3.8) is 0 Å². The van der Waals surface area contributed by atoms with Gasteiger partial charge < -0.3 is 5.32 Å². The number of thioether (sulfide) groups is 1. The molecule has 5 heteroatoms. The Bertz CT molecular complexity index is 398. The fourth-order valence-electron chi connectivity index (χ4n) is 1.34. The summed E-state index contributed by atoms with van der Waals surface area (Å²) in [5, 5.41) is 2.99. The fourth-order valence-corrected chi connectivity index (χ4v) is 3.16. The maximum Gasteiger partial charge on any atom is 0.252 e. The maximum atomic E-state index is 12.0. The third-order valence-electron chi connectivity index (χ3n) is 2.31. The van der Waals surface area contributed by atoms with Gasteiger partial charge in [0.1, 0.15) is 0 Å². The molecule has 0 saturated carbocycles. The number of benzene rings is 1. The van der Waals surface area contributed by atoms with Crippen molar-refractivity contribution >= 4 is 49.5 Å². The summed E-state index contributed by atoms with van der Waals surface area (Å²) in [6.45, 7) is 2.03. The highest BCUT2D eigenvalue weighted by molar-refractivity contribution is 9.11. The second-order valence-corrected chi connectivity index (χ2v) is 6.54. The Labute approximate surface area is 123 Å². The third-order valence-corrected chi connectivity index (χ3v) is 4.10. The molecule has 0 aromatic heterocycles. The van der Waals surface area contributed by atoms with E-state index in [1.165, 1.54) is 0 Å². The van der Waals surface area contributed by atoms with E-state index < -0.39 is 0 Å². The van der Waals surface area contributed by atoms with Crippen LogP contribution in [-0.2, 0) is 0 Å². The monoisotopic (exact) mass is 379 g/mol. The molecule has 0 spiro atoms. The van der Waals surface area contributed by atoms with Gasteiger partial charge in [0.05, 0.1) is 5.56 Å². The molecule has 1 N–H and O–H groups in total. The minimum Gasteiger partial charge on any atom is -0.350 e. The van der Waals surface area contributed by atoms with E-state index in [0.717, 1.165) is 21.1 Å². The van der Waals surface area contributed by atoms with Crippen LogP contribution in [0.25, 0.3) is 0 Å². The van der Waals surface area contributed by atoms with Gasteiger partial charge in [-0.2, -0.15) is 11.8 Å². The minimum atomic E-state index is -0.0296. The molecule has 0 aliphatic heterocycles. The van der Waals surface area contributed by atoms with Gasteiger partial charge in [-0.05, 0) is 59.5 Å². The van der Waals surface area contributed by atoms with Crippen molar-refractivity contribution in [1.29, 1.82) is 0 Å². The van der Waals surface area contributed by atoms with Crippen molar-refractivity contribution in [2.24, 2.45) is 0 Å². The molecule has 0 aliphatic rings. The Balaban J connectivity index is 2.63. The van der Waals surface area contributed by atoms with E-state index in [-0.39, 0.29) is 11.9 Å². The first-order chi connectivity index (χ1) is 8.04. The highest BCUT2D eigenvalue weighted by atomic mass is 79.9. The molecule has 0 radical (unpaired) electrons. The van der Waals surface area contributed by atoms with Gasteiger partial charge in [-0.3, -0.25) is 4.79 Å². The SMILES string of the molecule is CSCCC(C)NC(=O)c1ccc(Br)cc1Br. The van der Waals surface area contributed by atoms with Crippen LogP contribution in [0.1, 0.15) is 23.7 Å². The lowest BCUT2D eigenvalue weighted by atomic mass is 10.2. The largest absolute Gasteiger partial charge is 0.350 e. The van der Waals surface area contributed by atoms with Crippen molar-refractivity contribution in [3.8, 4) is 0 Å². The van der Waals surface area contributed by atoms with Gasteiger partial charge in [-0.25, -0.2) is 0 Å². The zero-order valence-electron chi connectivity index (χ0n) is 9.80. The molecule has 0 saturated heterocycles. The maximum absolute atomic E-state index is 12.0. The summed E-state index contributed by atoms with van der Waals surface area (Å²) in [7, 11) is 0. The summed E-state index contributed by atoms with van der Waals surface area (Å²) < 4.78 is 1.76. The van der Waals surface area contributed by atoms with Gasteiger partial charge in [-0.1, -0.05) is 15.9 Å². The zero-order chi connectivity index (χ0) is 12.8. The molecule has 0 aliphatic carbocycles. The van der Waals surface area contributed by atoms with Crippen LogP contribution in [0.2, 0.25) is 0 Å². The van der Waals surface area contributed by atoms with Crippen LogP contribution in [0.15, 0.2) is 27.1 Å². The summed E-state index contributed by atoms with van der Waals surface area (Å²) >= 11 is 8.55. The second kappa shape index (κ2) is 7.44. The highest BCUT2D eigenvalue weighted by Crippen LogP contribution is 2.22. The van der Waals surface area contributed by atoms with Crippen LogP contribution < -0.4 is 5.32 Å². The lowest BCUT2D eigenvalue weighted by Gasteiger charge is -2.14. The van der Waals surface area contributed by atoms with Crippen LogP contribution >= 0.6 is 43.6 Å². The van der Waals surface area contributed by atoms with Gasteiger partial charge >= 0.3 is 0 Å². The van der Waals surface area contributed by atoms with Gasteiger partial charge in [-0.15, -0.1) is 0 Å². The Kier molecular flexibility index (Phi) is 6.59. The van der Waals surface area contributed by atoms with Crippen LogP contribution in [-0.4, -0.2) is 24.0 Å². The van der Waals surface area contributed by atoms with Gasteiger partial charge in [0.25, 0.3) is 5.91 Å². The van der Waals surface area contributed by atoms with Crippen LogP contribution in [0.4, 0.5) is 0 Å². The van der Waals surface area contributed by atoms with E-state index in [1.54, 1.807) is 11.8 Å². The highest BCUT2D eigenvalue weighted by Gasteiger charge is 2.12. The molecule has 1 amide bonds. The Hall–Kier alpha value is -0.000000000000000111. The third kappa shape index (κ3) is 5.02. The van der Waals surface area contributed by atoms with E-state index in [9.17, 15) is 4.79 Å². The number of amides is 1. The number of carbonyl (C=O) groups excluding carboxylic acids is 1. The smallest absolute Gasteiger partial charge is 0.252 e. The fraction of sp³-hybridized carbons (Fsp3) is 0.417. The first kappa shape index (κ1) is 15.1. The predicted molar refractivity (Wildman–Crippen MR) is 81.8 cm³/mol. The van der Waals surface area contributed by atoms with Crippen molar-refractivity contribution in [2.75, 3.05) is 12.0 Å². The van der Waals surface area contributed by atoms with Crippen molar-refractivity contribution in [2.45, 2.75) is 19.4 Å². The molecule has 1 atom stereocenters. The molecule has 0 bridgehead atoms. The van der Waals surface area contributed by atoms with Crippen molar-refractivity contribution < 1.29 is 4.79 Å². The molecule has 0 fully saturated rings. The van der Waals surface area contributed by atoms with Crippen LogP contribution in [0.5, 0.6) is 0 Å². The number of carbonyl (C=O) groups is 1. The minimum absolute atomic E-state index is 0.0296. The Morgan fingerprint density at radius 1 is 1.47 bits per heavy atom. The summed E-state index contributed by atoms with van der Waals surface area (Å²) in [6, 6.07) is 5.75. The molecule has 0 heterocycles. The normalized spacial score (nSPS) is 12.2. The Morgan fingerprint density at radius 2 is 2.18 bits per heavy atom. The first-order valence-corrected chi connectivity index (χ1v) is 8.27. The van der Waals surface area contributed by atoms with Gasteiger partial charge in [0.2, 0.25) is 0 Å². The van der Waals surface area contributed by atoms with E-state index in [4.69, 9.17) is 0 Å². The molecule has 1 rings (SSSR count). The predicted octanol–water partition coefficient (Wildman–Crippen LogP) is 4.08. The topological polar surface area (TPSA) is 29.1 Å². The quantitative estimate of drug-likeness (QED) is 0.833. The molecule has 1 aromatic rings. The number of nitrogens with one attached hydrogen (secondary N) is 1. The second-order valence-electron chi connectivity index (χ2n) is 3.78. The lowest BCUT2D eigenvalue weighted by molar-refractivity contribution is 0.0938. The van der Waals surface area contributed by atoms with E-state index in [1.807, 2.05) is 25.1 Å². The van der Waals surface area contributed by atoms with E-state index >= 15 is 0 Å². The molecule has 17 heavy (non-hydrogen) atoms. The van der Waals surface area contributed by atoms with Crippen LogP contribution in [0, 0.1) is 0 Å².